The first kappa shape index (κ1) is 22.9. The Morgan fingerprint density at radius 1 is 0.971 bits per heavy atom. The molecule has 0 atom stereocenters. The number of nitrogens with one attached hydrogen (secondary N) is 1. The lowest BCUT2D eigenvalue weighted by Crippen LogP contribution is -2.14. The van der Waals surface area contributed by atoms with E-state index in [1.165, 1.54) is 28.7 Å². The van der Waals surface area contributed by atoms with E-state index in [4.69, 9.17) is 0 Å². The number of carbonyl (C=O) groups excluding carboxylic acids is 1. The van der Waals surface area contributed by atoms with Crippen LogP contribution in [0.25, 0.3) is 22.6 Å². The van der Waals surface area contributed by atoms with Gasteiger partial charge in [-0.2, -0.15) is 0 Å². The van der Waals surface area contributed by atoms with Crippen molar-refractivity contribution in [1.82, 2.24) is 24.7 Å². The molecule has 0 aliphatic heterocycles. The van der Waals surface area contributed by atoms with Crippen LogP contribution < -0.4 is 5.32 Å². The third-order valence-electron chi connectivity index (χ3n) is 5.27. The Morgan fingerprint density at radius 3 is 2.51 bits per heavy atom. The molecule has 7 nitrogen and oxygen atoms in total. The molecule has 0 radical (unpaired) electrons. The minimum atomic E-state index is -0.139. The molecule has 35 heavy (non-hydrogen) atoms. The Morgan fingerprint density at radius 2 is 1.74 bits per heavy atom. The molecule has 2 aromatic carbocycles. The van der Waals surface area contributed by atoms with Gasteiger partial charge >= 0.3 is 0 Å². The summed E-state index contributed by atoms with van der Waals surface area (Å²) < 4.78 is 2.03. The van der Waals surface area contributed by atoms with Crippen molar-refractivity contribution >= 4 is 34.1 Å². The average molecular weight is 499 g/mol. The molecule has 1 amide bonds. The van der Waals surface area contributed by atoms with Gasteiger partial charge in [-0.3, -0.25) is 14.3 Å². The first-order valence-electron chi connectivity index (χ1n) is 11.0. The van der Waals surface area contributed by atoms with Crippen LogP contribution in [-0.4, -0.2) is 36.4 Å². The average Bonchev–Trinajstić information content (AvgIpc) is 3.51. The van der Waals surface area contributed by atoms with Crippen LogP contribution in [0.5, 0.6) is 0 Å². The van der Waals surface area contributed by atoms with Gasteiger partial charge in [-0.1, -0.05) is 71.9 Å². The lowest BCUT2D eigenvalue weighted by Gasteiger charge is -2.10. The summed E-state index contributed by atoms with van der Waals surface area (Å²) in [4.78, 5) is 21.3. The third kappa shape index (κ3) is 5.64. The minimum absolute atomic E-state index is 0.139. The van der Waals surface area contributed by atoms with Gasteiger partial charge in [0.15, 0.2) is 16.1 Å². The molecule has 0 fully saturated rings. The zero-order chi connectivity index (χ0) is 24.0. The fourth-order valence-electron chi connectivity index (χ4n) is 3.49. The second kappa shape index (κ2) is 10.6. The normalized spacial score (nSPS) is 10.9. The molecule has 0 aliphatic carbocycles. The van der Waals surface area contributed by atoms with Crippen LogP contribution in [0.2, 0.25) is 0 Å². The van der Waals surface area contributed by atoms with E-state index in [1.54, 1.807) is 12.4 Å². The number of aromatic nitrogens is 5. The fraction of sp³-hybridized carbons (Fsp3) is 0.115. The number of carbonyl (C=O) groups is 1. The van der Waals surface area contributed by atoms with Gasteiger partial charge in [-0.25, -0.2) is 4.98 Å². The standard InChI is InChI=1S/C26H22N6OS2/c1-18-7-9-20(10-8-18)22-16-34-25(28-22)29-23(33)17-35-26-31-30-24(21-11-13-27-14-12-21)32(26)15-19-5-3-2-4-6-19/h2-14,16H,15,17H2,1H3,(H,28,29,33). The molecule has 5 rings (SSSR count). The number of aryl methyl sites for hydroxylation is 1. The van der Waals surface area contributed by atoms with Gasteiger partial charge < -0.3 is 5.32 Å². The highest BCUT2D eigenvalue weighted by atomic mass is 32.2. The smallest absolute Gasteiger partial charge is 0.236 e. The Bertz CT molecular complexity index is 1420. The van der Waals surface area contributed by atoms with Crippen LogP contribution >= 0.6 is 23.1 Å². The van der Waals surface area contributed by atoms with Crippen LogP contribution in [0.1, 0.15) is 11.1 Å². The number of pyridine rings is 1. The summed E-state index contributed by atoms with van der Waals surface area (Å²) in [6.07, 6.45) is 3.46. The summed E-state index contributed by atoms with van der Waals surface area (Å²) in [5, 5.41) is 14.9. The van der Waals surface area contributed by atoms with Crippen LogP contribution in [0, 0.1) is 6.92 Å². The van der Waals surface area contributed by atoms with Crippen molar-refractivity contribution in [2.75, 3.05) is 11.1 Å². The third-order valence-corrected chi connectivity index (χ3v) is 6.99. The Labute approximate surface area is 211 Å². The summed E-state index contributed by atoms with van der Waals surface area (Å²) in [6, 6.07) is 22.1. The topological polar surface area (TPSA) is 85.6 Å². The Kier molecular flexibility index (Phi) is 6.97. The van der Waals surface area contributed by atoms with Crippen molar-refractivity contribution in [1.29, 1.82) is 0 Å². The van der Waals surface area contributed by atoms with Crippen LogP contribution in [0.3, 0.4) is 0 Å². The zero-order valence-electron chi connectivity index (χ0n) is 19.0. The molecular weight excluding hydrogens is 476 g/mol. The summed E-state index contributed by atoms with van der Waals surface area (Å²) in [5.41, 5.74) is 5.12. The van der Waals surface area contributed by atoms with Gasteiger partial charge in [0.25, 0.3) is 0 Å². The highest BCUT2D eigenvalue weighted by Crippen LogP contribution is 2.27. The number of nitrogens with zero attached hydrogens (tertiary/aromatic N) is 5. The van der Waals surface area contributed by atoms with Crippen molar-refractivity contribution in [3.05, 3.63) is 95.6 Å². The molecule has 0 saturated heterocycles. The van der Waals surface area contributed by atoms with Crippen molar-refractivity contribution < 1.29 is 4.79 Å². The lowest BCUT2D eigenvalue weighted by atomic mass is 10.1. The van der Waals surface area contributed by atoms with E-state index in [2.05, 4.69) is 56.7 Å². The highest BCUT2D eigenvalue weighted by Gasteiger charge is 2.17. The summed E-state index contributed by atoms with van der Waals surface area (Å²) in [7, 11) is 0. The first-order valence-corrected chi connectivity index (χ1v) is 12.8. The summed E-state index contributed by atoms with van der Waals surface area (Å²) in [6.45, 7) is 2.65. The maximum Gasteiger partial charge on any atom is 0.236 e. The molecule has 0 aliphatic rings. The number of hydrogen-bond acceptors (Lipinski definition) is 7. The number of amides is 1. The fourth-order valence-corrected chi connectivity index (χ4v) is 4.97. The molecule has 5 aromatic rings. The van der Waals surface area contributed by atoms with Crippen molar-refractivity contribution in [3.8, 4) is 22.6 Å². The van der Waals surface area contributed by atoms with E-state index in [-0.39, 0.29) is 11.7 Å². The largest absolute Gasteiger partial charge is 0.301 e. The van der Waals surface area contributed by atoms with E-state index >= 15 is 0 Å². The molecule has 3 heterocycles. The maximum atomic E-state index is 12.7. The predicted molar refractivity (Wildman–Crippen MR) is 140 cm³/mol. The number of thioether (sulfide) groups is 1. The second-order valence-corrected chi connectivity index (χ2v) is 9.66. The number of hydrogen-bond donors (Lipinski definition) is 1. The van der Waals surface area contributed by atoms with Gasteiger partial charge in [0.1, 0.15) is 0 Å². The quantitative estimate of drug-likeness (QED) is 0.282. The van der Waals surface area contributed by atoms with Gasteiger partial charge in [0.05, 0.1) is 18.0 Å². The first-order chi connectivity index (χ1) is 17.2. The highest BCUT2D eigenvalue weighted by molar-refractivity contribution is 7.99. The maximum absolute atomic E-state index is 12.7. The van der Waals surface area contributed by atoms with Gasteiger partial charge in [0, 0.05) is 28.9 Å². The molecule has 174 valence electrons. The van der Waals surface area contributed by atoms with E-state index < -0.39 is 0 Å². The van der Waals surface area contributed by atoms with Crippen LogP contribution in [-0.2, 0) is 11.3 Å². The molecule has 0 saturated carbocycles. The monoisotopic (exact) mass is 498 g/mol. The number of rotatable bonds is 8. The van der Waals surface area contributed by atoms with Crippen molar-refractivity contribution in [2.24, 2.45) is 0 Å². The summed E-state index contributed by atoms with van der Waals surface area (Å²) >= 11 is 2.77. The second-order valence-electron chi connectivity index (χ2n) is 7.85. The number of benzene rings is 2. The molecule has 3 aromatic heterocycles. The van der Waals surface area contributed by atoms with Gasteiger partial charge in [-0.15, -0.1) is 21.5 Å². The molecule has 0 unspecified atom stereocenters. The molecule has 9 heteroatoms. The van der Waals surface area contributed by atoms with Crippen molar-refractivity contribution in [3.63, 3.8) is 0 Å². The van der Waals surface area contributed by atoms with E-state index in [0.29, 0.717) is 16.8 Å². The minimum Gasteiger partial charge on any atom is -0.301 e. The number of thiazole rings is 1. The molecule has 0 bridgehead atoms. The van der Waals surface area contributed by atoms with E-state index in [1.807, 2.05) is 52.4 Å². The Hall–Kier alpha value is -3.82. The molecular formula is C26H22N6OS2. The van der Waals surface area contributed by atoms with E-state index in [9.17, 15) is 4.79 Å². The number of anilines is 1. The Balaban J connectivity index is 1.29. The van der Waals surface area contributed by atoms with Gasteiger partial charge in [-0.05, 0) is 24.6 Å². The summed E-state index contributed by atoms with van der Waals surface area (Å²) in [5.74, 6) is 0.796. The predicted octanol–water partition coefficient (Wildman–Crippen LogP) is 5.55. The van der Waals surface area contributed by atoms with Crippen LogP contribution in [0.15, 0.2) is 89.7 Å². The SMILES string of the molecule is Cc1ccc(-c2csc(NC(=O)CSc3nnc(-c4ccncc4)n3Cc3ccccc3)n2)cc1. The lowest BCUT2D eigenvalue weighted by molar-refractivity contribution is -0.113. The van der Waals surface area contributed by atoms with Gasteiger partial charge in [0.2, 0.25) is 5.91 Å². The zero-order valence-corrected chi connectivity index (χ0v) is 20.6. The molecule has 0 spiro atoms. The van der Waals surface area contributed by atoms with Crippen LogP contribution in [0.4, 0.5) is 5.13 Å². The molecule has 1 N–H and O–H groups in total. The van der Waals surface area contributed by atoms with E-state index in [0.717, 1.165) is 28.2 Å². The van der Waals surface area contributed by atoms with Crippen molar-refractivity contribution in [2.45, 2.75) is 18.6 Å².